The first-order valence-electron chi connectivity index (χ1n) is 5.96. The number of anilines is 1. The van der Waals surface area contributed by atoms with Crippen LogP contribution in [-0.2, 0) is 0 Å². The average Bonchev–Trinajstić information content (AvgIpc) is 2.38. The lowest BCUT2D eigenvalue weighted by molar-refractivity contribution is 0.749. The molecule has 2 rings (SSSR count). The van der Waals surface area contributed by atoms with Gasteiger partial charge in [-0.25, -0.2) is 0 Å². The van der Waals surface area contributed by atoms with E-state index < -0.39 is 0 Å². The van der Waals surface area contributed by atoms with E-state index in [0.29, 0.717) is 6.04 Å². The molecule has 0 amide bonds. The third-order valence-corrected chi connectivity index (χ3v) is 3.87. The van der Waals surface area contributed by atoms with E-state index in [2.05, 4.69) is 92.6 Å². The number of hydrogen-bond donors (Lipinski definition) is 1. The van der Waals surface area contributed by atoms with E-state index in [4.69, 9.17) is 0 Å². The van der Waals surface area contributed by atoms with Crippen LogP contribution >= 0.6 is 31.9 Å². The lowest BCUT2D eigenvalue weighted by Crippen LogP contribution is -2.09. The van der Waals surface area contributed by atoms with Crippen LogP contribution in [0.2, 0.25) is 0 Å². The highest BCUT2D eigenvalue weighted by atomic mass is 79.9. The second-order valence-electron chi connectivity index (χ2n) is 4.17. The van der Waals surface area contributed by atoms with Crippen molar-refractivity contribution in [3.63, 3.8) is 0 Å². The van der Waals surface area contributed by atoms with Gasteiger partial charge in [0.15, 0.2) is 0 Å². The minimum absolute atomic E-state index is 0.337. The number of nitrogens with one attached hydrogen (secondary N) is 1. The molecular formula is C15H15Br2N. The first kappa shape index (κ1) is 13.6. The summed E-state index contributed by atoms with van der Waals surface area (Å²) in [5.74, 6) is 0. The van der Waals surface area contributed by atoms with Gasteiger partial charge in [0.2, 0.25) is 0 Å². The van der Waals surface area contributed by atoms with E-state index in [1.807, 2.05) is 0 Å². The fourth-order valence-corrected chi connectivity index (χ4v) is 2.57. The van der Waals surface area contributed by atoms with Crippen molar-refractivity contribution in [2.75, 3.05) is 5.32 Å². The van der Waals surface area contributed by atoms with Crippen molar-refractivity contribution >= 4 is 37.5 Å². The van der Waals surface area contributed by atoms with Crippen LogP contribution in [0.4, 0.5) is 5.69 Å². The quantitative estimate of drug-likeness (QED) is 0.721. The Morgan fingerprint density at radius 3 is 2.33 bits per heavy atom. The Morgan fingerprint density at radius 1 is 1.00 bits per heavy atom. The van der Waals surface area contributed by atoms with Crippen molar-refractivity contribution in [3.05, 3.63) is 63.0 Å². The minimum atomic E-state index is 0.337. The summed E-state index contributed by atoms with van der Waals surface area (Å²) in [5, 5.41) is 3.56. The Labute approximate surface area is 125 Å². The Hall–Kier alpha value is -0.800. The van der Waals surface area contributed by atoms with E-state index in [0.717, 1.165) is 21.1 Å². The monoisotopic (exact) mass is 367 g/mol. The van der Waals surface area contributed by atoms with Crippen LogP contribution in [0, 0.1) is 0 Å². The molecule has 0 fully saturated rings. The molecule has 0 saturated heterocycles. The summed E-state index contributed by atoms with van der Waals surface area (Å²) in [6.45, 7) is 2.19. The Morgan fingerprint density at radius 2 is 1.72 bits per heavy atom. The highest BCUT2D eigenvalue weighted by molar-refractivity contribution is 9.10. The molecule has 0 bridgehead atoms. The molecule has 0 heterocycles. The van der Waals surface area contributed by atoms with Crippen LogP contribution < -0.4 is 5.32 Å². The van der Waals surface area contributed by atoms with Crippen LogP contribution in [0.1, 0.15) is 24.9 Å². The molecule has 0 aliphatic heterocycles. The van der Waals surface area contributed by atoms with Gasteiger partial charge in [-0.05, 0) is 48.4 Å². The topological polar surface area (TPSA) is 12.0 Å². The van der Waals surface area contributed by atoms with Crippen molar-refractivity contribution in [1.29, 1.82) is 0 Å². The van der Waals surface area contributed by atoms with Gasteiger partial charge < -0.3 is 5.32 Å². The molecule has 2 aromatic carbocycles. The molecule has 3 heteroatoms. The molecule has 0 aliphatic rings. The fourth-order valence-electron chi connectivity index (χ4n) is 1.89. The third kappa shape index (κ3) is 3.59. The van der Waals surface area contributed by atoms with E-state index in [-0.39, 0.29) is 0 Å². The molecule has 1 N–H and O–H groups in total. The summed E-state index contributed by atoms with van der Waals surface area (Å²) in [4.78, 5) is 0. The molecule has 0 radical (unpaired) electrons. The summed E-state index contributed by atoms with van der Waals surface area (Å²) in [6, 6.07) is 17.1. The van der Waals surface area contributed by atoms with Crippen molar-refractivity contribution in [1.82, 2.24) is 0 Å². The van der Waals surface area contributed by atoms with Crippen LogP contribution in [0.3, 0.4) is 0 Å². The van der Waals surface area contributed by atoms with Crippen molar-refractivity contribution in [2.45, 2.75) is 19.4 Å². The largest absolute Gasteiger partial charge is 0.378 e. The van der Waals surface area contributed by atoms with E-state index >= 15 is 0 Å². The molecule has 0 aromatic heterocycles. The van der Waals surface area contributed by atoms with Gasteiger partial charge >= 0.3 is 0 Å². The van der Waals surface area contributed by atoms with Crippen LogP contribution in [0.25, 0.3) is 0 Å². The van der Waals surface area contributed by atoms with E-state index in [1.54, 1.807) is 0 Å². The van der Waals surface area contributed by atoms with Crippen LogP contribution in [0.5, 0.6) is 0 Å². The molecule has 0 aliphatic carbocycles. The molecule has 1 unspecified atom stereocenters. The Bertz CT molecular complexity index is 508. The maximum absolute atomic E-state index is 3.56. The third-order valence-electron chi connectivity index (χ3n) is 2.84. The number of hydrogen-bond acceptors (Lipinski definition) is 1. The first-order valence-corrected chi connectivity index (χ1v) is 7.55. The van der Waals surface area contributed by atoms with Gasteiger partial charge in [-0.2, -0.15) is 0 Å². The van der Waals surface area contributed by atoms with E-state index in [1.165, 1.54) is 5.56 Å². The number of benzene rings is 2. The van der Waals surface area contributed by atoms with Crippen LogP contribution in [-0.4, -0.2) is 0 Å². The molecule has 1 nitrogen and oxygen atoms in total. The highest BCUT2D eigenvalue weighted by Gasteiger charge is 2.09. The summed E-state index contributed by atoms with van der Waals surface area (Å²) in [5.41, 5.74) is 2.44. The molecule has 0 spiro atoms. The molecule has 18 heavy (non-hydrogen) atoms. The second-order valence-corrected chi connectivity index (χ2v) is 6.00. The standard InChI is InChI=1S/C15H15Br2N/c1-2-15(11-4-3-5-13(17)10-11)18-14-8-6-12(16)7-9-14/h3-10,15,18H,2H2,1H3. The Kier molecular flexibility index (Phi) is 4.84. The molecule has 2 aromatic rings. The van der Waals surface area contributed by atoms with E-state index in [9.17, 15) is 0 Å². The first-order chi connectivity index (χ1) is 8.69. The average molecular weight is 369 g/mol. The van der Waals surface area contributed by atoms with Gasteiger partial charge in [-0.15, -0.1) is 0 Å². The molecule has 94 valence electrons. The van der Waals surface area contributed by atoms with Crippen LogP contribution in [0.15, 0.2) is 57.5 Å². The summed E-state index contributed by atoms with van der Waals surface area (Å²) in [7, 11) is 0. The number of halogens is 2. The predicted octanol–water partition coefficient (Wildman–Crippen LogP) is 5.77. The van der Waals surface area contributed by atoms with Gasteiger partial charge in [0.1, 0.15) is 0 Å². The Balaban J connectivity index is 2.17. The zero-order chi connectivity index (χ0) is 13.0. The molecule has 0 saturated carbocycles. The van der Waals surface area contributed by atoms with Crippen molar-refractivity contribution in [3.8, 4) is 0 Å². The summed E-state index contributed by atoms with van der Waals surface area (Å²) < 4.78 is 2.22. The lowest BCUT2D eigenvalue weighted by atomic mass is 10.0. The van der Waals surface area contributed by atoms with Gasteiger partial charge in [-0.1, -0.05) is 50.9 Å². The predicted molar refractivity (Wildman–Crippen MR) is 84.9 cm³/mol. The summed E-state index contributed by atoms with van der Waals surface area (Å²) >= 11 is 6.97. The SMILES string of the molecule is CCC(Nc1ccc(Br)cc1)c1cccc(Br)c1. The molecular weight excluding hydrogens is 354 g/mol. The normalized spacial score (nSPS) is 12.2. The minimum Gasteiger partial charge on any atom is -0.378 e. The zero-order valence-electron chi connectivity index (χ0n) is 10.2. The maximum Gasteiger partial charge on any atom is 0.0511 e. The number of rotatable bonds is 4. The van der Waals surface area contributed by atoms with Gasteiger partial charge in [0.05, 0.1) is 6.04 Å². The second kappa shape index (κ2) is 6.39. The van der Waals surface area contributed by atoms with Gasteiger partial charge in [0.25, 0.3) is 0 Å². The zero-order valence-corrected chi connectivity index (χ0v) is 13.3. The van der Waals surface area contributed by atoms with Gasteiger partial charge in [0, 0.05) is 14.6 Å². The lowest BCUT2D eigenvalue weighted by Gasteiger charge is -2.19. The summed E-state index contributed by atoms with van der Waals surface area (Å²) in [6.07, 6.45) is 1.05. The van der Waals surface area contributed by atoms with Gasteiger partial charge in [-0.3, -0.25) is 0 Å². The van der Waals surface area contributed by atoms with Crippen molar-refractivity contribution < 1.29 is 0 Å². The highest BCUT2D eigenvalue weighted by Crippen LogP contribution is 2.25. The smallest absolute Gasteiger partial charge is 0.0511 e. The fraction of sp³-hybridized carbons (Fsp3) is 0.200. The molecule has 1 atom stereocenters. The van der Waals surface area contributed by atoms with Crippen molar-refractivity contribution in [2.24, 2.45) is 0 Å². The maximum atomic E-state index is 3.56.